The fraction of sp³-hybridized carbons (Fsp3) is 1.00. The van der Waals surface area contributed by atoms with E-state index in [-0.39, 0.29) is 0 Å². The van der Waals surface area contributed by atoms with Crippen LogP contribution < -0.4 is 0 Å². The van der Waals surface area contributed by atoms with Gasteiger partial charge in [0.2, 0.25) is 0 Å². The average Bonchev–Trinajstić information content (AvgIpc) is 1.77. The molecule has 9 heteroatoms. The Balaban J connectivity index is 4.45. The molecule has 0 radical (unpaired) electrons. The summed E-state index contributed by atoms with van der Waals surface area (Å²) in [6, 6.07) is 0. The SMILES string of the molecule is CCCN([Si](Br)(Br)Br)[Si](Br)(Br)Br. The number of hydrogen-bond donors (Lipinski definition) is 0. The quantitative estimate of drug-likeness (QED) is 0.331. The van der Waals surface area contributed by atoms with Gasteiger partial charge in [-0.05, 0) is 13.0 Å². The van der Waals surface area contributed by atoms with Gasteiger partial charge in [0.25, 0.3) is 0 Å². The van der Waals surface area contributed by atoms with Gasteiger partial charge in [-0.3, -0.25) is 4.23 Å². The minimum absolute atomic E-state index is 1.03. The summed E-state index contributed by atoms with van der Waals surface area (Å²) < 4.78 is -1.17. The first-order chi connectivity index (χ1) is 5.19. The molecule has 74 valence electrons. The lowest BCUT2D eigenvalue weighted by Crippen LogP contribution is -2.50. The third-order valence-corrected chi connectivity index (χ3v) is 18.3. The topological polar surface area (TPSA) is 3.24 Å². The molecular weight excluding hydrogens is 586 g/mol. The number of halogens is 6. The molecule has 0 spiro atoms. The van der Waals surface area contributed by atoms with E-state index in [0.717, 1.165) is 13.0 Å². The normalized spacial score (nSPS) is 14.0. The van der Waals surface area contributed by atoms with Crippen LogP contribution in [0.15, 0.2) is 0 Å². The standard InChI is InChI=1S/C3H7Br6NSi2/c1-2-3-10(11(4,5)6)12(7,8)9/h2-3H2,1H3. The molecule has 0 aliphatic rings. The Labute approximate surface area is 122 Å². The Kier molecular flexibility index (Phi) is 7.79. The maximum absolute atomic E-state index is 3.62. The third kappa shape index (κ3) is 5.99. The van der Waals surface area contributed by atoms with Crippen LogP contribution in [0, 0.1) is 0 Å². The predicted molar refractivity (Wildman–Crippen MR) is 82.1 cm³/mol. The fourth-order valence-corrected chi connectivity index (χ4v) is 39.6. The highest BCUT2D eigenvalue weighted by Crippen LogP contribution is 2.42. The summed E-state index contributed by atoms with van der Waals surface area (Å²) >= 11 is 21.7. The summed E-state index contributed by atoms with van der Waals surface area (Å²) in [4.78, 5) is 0. The second-order valence-electron chi connectivity index (χ2n) is 2.09. The van der Waals surface area contributed by atoms with Crippen molar-refractivity contribution >= 4 is 99.9 Å². The molecular formula is C3H7Br6NSi2. The first kappa shape index (κ1) is 15.3. The molecule has 0 unspecified atom stereocenters. The van der Waals surface area contributed by atoms with Gasteiger partial charge >= 0.3 is 8.19 Å². The van der Waals surface area contributed by atoms with Crippen LogP contribution in [0.25, 0.3) is 0 Å². The minimum Gasteiger partial charge on any atom is -0.294 e. The molecule has 0 rings (SSSR count). The van der Waals surface area contributed by atoms with Crippen LogP contribution in [-0.2, 0) is 0 Å². The highest BCUT2D eigenvalue weighted by atomic mass is 80.0. The molecule has 0 amide bonds. The predicted octanol–water partition coefficient (Wildman–Crippen LogP) is 4.94. The summed E-state index contributed by atoms with van der Waals surface area (Å²) in [5.74, 6) is 0. The van der Waals surface area contributed by atoms with Gasteiger partial charge in [0.15, 0.2) is 0 Å². The zero-order valence-electron chi connectivity index (χ0n) is 6.13. The van der Waals surface area contributed by atoms with Crippen LogP contribution in [0.1, 0.15) is 13.3 Å². The third-order valence-electron chi connectivity index (χ3n) is 1.06. The van der Waals surface area contributed by atoms with Crippen LogP contribution in [0.2, 0.25) is 0 Å². The van der Waals surface area contributed by atoms with E-state index in [2.05, 4.69) is 103 Å². The Morgan fingerprint density at radius 1 is 0.917 bits per heavy atom. The van der Waals surface area contributed by atoms with Crippen molar-refractivity contribution in [3.05, 3.63) is 0 Å². The van der Waals surface area contributed by atoms with Crippen LogP contribution in [0.4, 0.5) is 0 Å². The van der Waals surface area contributed by atoms with Crippen molar-refractivity contribution in [2.24, 2.45) is 0 Å². The Hall–Kier alpha value is 3.27. The minimum atomic E-state index is -1.75. The maximum Gasteiger partial charge on any atom is 0.340 e. The average molecular weight is 593 g/mol. The number of hydrogen-bond acceptors (Lipinski definition) is 1. The summed E-state index contributed by atoms with van der Waals surface area (Å²) in [5.41, 5.74) is 0. The summed E-state index contributed by atoms with van der Waals surface area (Å²) in [6.07, 6.45) is 1.12. The van der Waals surface area contributed by atoms with Crippen LogP contribution >= 0.6 is 91.8 Å². The van der Waals surface area contributed by atoms with Gasteiger partial charge in [0.1, 0.15) is 0 Å². The van der Waals surface area contributed by atoms with Crippen LogP contribution in [0.3, 0.4) is 0 Å². The Morgan fingerprint density at radius 3 is 1.33 bits per heavy atom. The first-order valence-corrected chi connectivity index (χ1v) is 20.5. The van der Waals surface area contributed by atoms with Crippen molar-refractivity contribution in [1.29, 1.82) is 0 Å². The highest BCUT2D eigenvalue weighted by Gasteiger charge is 2.44. The zero-order chi connectivity index (χ0) is 9.99. The van der Waals surface area contributed by atoms with E-state index >= 15 is 0 Å². The van der Waals surface area contributed by atoms with Crippen molar-refractivity contribution in [3.8, 4) is 0 Å². The summed E-state index contributed by atoms with van der Waals surface area (Å²) in [5, 5.41) is 0. The van der Waals surface area contributed by atoms with E-state index in [9.17, 15) is 0 Å². The van der Waals surface area contributed by atoms with Crippen LogP contribution in [-0.4, -0.2) is 19.0 Å². The van der Waals surface area contributed by atoms with Crippen molar-refractivity contribution < 1.29 is 0 Å². The molecule has 0 bridgehead atoms. The molecule has 0 atom stereocenters. The molecule has 12 heavy (non-hydrogen) atoms. The number of nitrogens with zero attached hydrogens (tertiary/aromatic N) is 1. The van der Waals surface area contributed by atoms with Gasteiger partial charge < -0.3 is 0 Å². The van der Waals surface area contributed by atoms with E-state index in [4.69, 9.17) is 0 Å². The van der Waals surface area contributed by atoms with Crippen molar-refractivity contribution in [2.45, 2.75) is 13.3 Å². The maximum atomic E-state index is 3.62. The molecule has 0 N–H and O–H groups in total. The van der Waals surface area contributed by atoms with Gasteiger partial charge in [-0.25, -0.2) is 0 Å². The van der Waals surface area contributed by atoms with Crippen molar-refractivity contribution in [2.75, 3.05) is 6.54 Å². The van der Waals surface area contributed by atoms with E-state index in [0.29, 0.717) is 0 Å². The van der Waals surface area contributed by atoms with Crippen molar-refractivity contribution in [3.63, 3.8) is 0 Å². The summed E-state index contributed by atoms with van der Waals surface area (Å²) in [6.45, 7) is 3.19. The summed E-state index contributed by atoms with van der Waals surface area (Å²) in [7, 11) is 0. The van der Waals surface area contributed by atoms with E-state index in [1.54, 1.807) is 0 Å². The fourth-order valence-electron chi connectivity index (χ4n) is 0.621. The second-order valence-corrected chi connectivity index (χ2v) is 45.3. The van der Waals surface area contributed by atoms with E-state index in [1.165, 1.54) is 0 Å². The molecule has 0 heterocycles. The van der Waals surface area contributed by atoms with E-state index in [1.807, 2.05) is 0 Å². The van der Waals surface area contributed by atoms with Gasteiger partial charge in [0, 0.05) is 0 Å². The molecule has 1 nitrogen and oxygen atoms in total. The molecule has 0 aromatic heterocycles. The van der Waals surface area contributed by atoms with Gasteiger partial charge in [-0.2, -0.15) is 0 Å². The lowest BCUT2D eigenvalue weighted by atomic mass is 10.5. The zero-order valence-corrected chi connectivity index (χ0v) is 17.6. The molecule has 0 aliphatic heterocycles. The van der Waals surface area contributed by atoms with Gasteiger partial charge in [-0.1, -0.05) is 98.7 Å². The molecule has 0 aliphatic carbocycles. The molecule has 0 saturated carbocycles. The van der Waals surface area contributed by atoms with Gasteiger partial charge in [-0.15, -0.1) is 0 Å². The molecule has 0 aromatic carbocycles. The highest BCUT2D eigenvalue weighted by molar-refractivity contribution is 9.74. The first-order valence-electron chi connectivity index (χ1n) is 3.10. The smallest absolute Gasteiger partial charge is 0.294 e. The Morgan fingerprint density at radius 2 is 1.25 bits per heavy atom. The van der Waals surface area contributed by atoms with Crippen LogP contribution in [0.5, 0.6) is 0 Å². The monoisotopic (exact) mass is 587 g/mol. The molecule has 0 aromatic rings. The number of rotatable bonds is 4. The largest absolute Gasteiger partial charge is 0.340 e. The molecule has 0 fully saturated rings. The molecule has 0 saturated heterocycles. The Bertz CT molecular complexity index is 127. The second kappa shape index (κ2) is 6.12. The van der Waals surface area contributed by atoms with Crippen molar-refractivity contribution in [1.82, 2.24) is 4.23 Å². The van der Waals surface area contributed by atoms with Gasteiger partial charge in [0.05, 0.1) is 0 Å². The van der Waals surface area contributed by atoms with E-state index < -0.39 is 8.19 Å². The lowest BCUT2D eigenvalue weighted by molar-refractivity contribution is 0.661. The lowest BCUT2D eigenvalue weighted by Gasteiger charge is -2.34.